The fraction of sp³-hybridized carbons (Fsp3) is 0.931. The summed E-state index contributed by atoms with van der Waals surface area (Å²) < 4.78 is 0. The minimum Gasteiger partial charge on any atom is -0.396 e. The third-order valence-corrected chi connectivity index (χ3v) is 12.0. The lowest BCUT2D eigenvalue weighted by atomic mass is 9.37. The molecule has 30 heavy (non-hydrogen) atoms. The van der Waals surface area contributed by atoms with Crippen molar-refractivity contribution in [2.45, 2.75) is 105 Å². The van der Waals surface area contributed by atoms with Crippen LogP contribution in [0.15, 0.2) is 12.7 Å². The smallest absolute Gasteiger partial charge is 0.0490 e. The van der Waals surface area contributed by atoms with Crippen molar-refractivity contribution in [3.05, 3.63) is 12.7 Å². The highest BCUT2D eigenvalue weighted by Gasteiger charge is 2.64. The maximum atomic E-state index is 10.3. The molecule has 172 valence electrons. The van der Waals surface area contributed by atoms with Crippen LogP contribution in [0.4, 0.5) is 0 Å². The number of fused-ring (bicyclic) bond motifs is 7. The van der Waals surface area contributed by atoms with Crippen molar-refractivity contribution in [3.63, 3.8) is 0 Å². The molecule has 0 aromatic heterocycles. The number of aliphatic hydroxyl groups excluding tert-OH is 1. The Kier molecular flexibility index (Phi) is 6.28. The number of aliphatic hydroxyl groups is 1. The van der Waals surface area contributed by atoms with Crippen LogP contribution < -0.4 is 0 Å². The topological polar surface area (TPSA) is 20.2 Å². The molecule has 1 N–H and O–H groups in total. The van der Waals surface area contributed by atoms with Crippen molar-refractivity contribution in [2.75, 3.05) is 6.61 Å². The first-order valence-corrected chi connectivity index (χ1v) is 13.5. The molecule has 0 spiro atoms. The first-order valence-electron chi connectivity index (χ1n) is 13.5. The fourth-order valence-corrected chi connectivity index (χ4v) is 10.4. The predicted octanol–water partition coefficient (Wildman–Crippen LogP) is 7.88. The second-order valence-corrected chi connectivity index (χ2v) is 12.9. The van der Waals surface area contributed by atoms with E-state index in [-0.39, 0.29) is 0 Å². The summed E-state index contributed by atoms with van der Waals surface area (Å²) in [5, 5.41) is 10.3. The van der Waals surface area contributed by atoms with E-state index in [0.717, 1.165) is 41.4 Å². The van der Waals surface area contributed by atoms with Gasteiger partial charge in [-0.3, -0.25) is 0 Å². The summed E-state index contributed by atoms with van der Waals surface area (Å²) in [5.41, 5.74) is 1.50. The molecule has 0 bridgehead atoms. The molecule has 0 radical (unpaired) electrons. The van der Waals surface area contributed by atoms with Crippen LogP contribution in [0.5, 0.6) is 0 Å². The number of hydrogen-bond donors (Lipinski definition) is 1. The van der Waals surface area contributed by atoms with Crippen LogP contribution in [-0.4, -0.2) is 11.7 Å². The Bertz CT molecular complexity index is 626. The Morgan fingerprint density at radius 3 is 2.17 bits per heavy atom. The van der Waals surface area contributed by atoms with Crippen LogP contribution in [-0.2, 0) is 0 Å². The zero-order chi connectivity index (χ0) is 21.7. The van der Waals surface area contributed by atoms with E-state index in [1.54, 1.807) is 6.08 Å². The molecule has 0 aromatic rings. The standard InChI is InChI=1S/C26H44O.C3H6/c1-17-9-13-24(3)20(18(17)2)10-14-25(4)21-11-15-26(16-27)12-5-6-22(26)19(21)7-8-23(24)25;1-3-2/h17-23,27H,5-16H2,1-4H3;3H,1H2,2H3. The molecule has 5 aliphatic carbocycles. The summed E-state index contributed by atoms with van der Waals surface area (Å²) in [6.07, 6.45) is 17.5. The van der Waals surface area contributed by atoms with Crippen molar-refractivity contribution in [1.82, 2.24) is 0 Å². The maximum Gasteiger partial charge on any atom is 0.0490 e. The van der Waals surface area contributed by atoms with E-state index in [9.17, 15) is 5.11 Å². The lowest BCUT2D eigenvalue weighted by Gasteiger charge is -2.68. The first kappa shape index (κ1) is 22.9. The van der Waals surface area contributed by atoms with Gasteiger partial charge in [-0.05, 0) is 129 Å². The summed E-state index contributed by atoms with van der Waals surface area (Å²) in [6, 6.07) is 0. The third kappa shape index (κ3) is 3.19. The molecule has 0 heterocycles. The minimum absolute atomic E-state index is 0.320. The van der Waals surface area contributed by atoms with E-state index >= 15 is 0 Å². The average molecular weight is 415 g/mol. The molecule has 5 fully saturated rings. The zero-order valence-electron chi connectivity index (χ0n) is 20.8. The number of hydrogen-bond acceptors (Lipinski definition) is 1. The summed E-state index contributed by atoms with van der Waals surface area (Å²) in [4.78, 5) is 0. The quantitative estimate of drug-likeness (QED) is 0.433. The van der Waals surface area contributed by atoms with Gasteiger partial charge in [-0.15, -0.1) is 6.58 Å². The van der Waals surface area contributed by atoms with Crippen molar-refractivity contribution >= 4 is 0 Å². The monoisotopic (exact) mass is 414 g/mol. The normalized spacial score (nSPS) is 54.5. The molecule has 5 saturated carbocycles. The summed E-state index contributed by atoms with van der Waals surface area (Å²) in [7, 11) is 0. The molecule has 10 unspecified atom stereocenters. The molecular weight excluding hydrogens is 364 g/mol. The summed E-state index contributed by atoms with van der Waals surface area (Å²) >= 11 is 0. The van der Waals surface area contributed by atoms with Crippen LogP contribution in [0.2, 0.25) is 0 Å². The Labute approximate surface area is 187 Å². The molecule has 0 aliphatic heterocycles. The molecular formula is C29H50O. The Hall–Kier alpha value is -0.300. The average Bonchev–Trinajstić information content (AvgIpc) is 3.16. The number of rotatable bonds is 1. The second kappa shape index (κ2) is 8.24. The highest BCUT2D eigenvalue weighted by atomic mass is 16.3. The zero-order valence-corrected chi connectivity index (χ0v) is 20.8. The van der Waals surface area contributed by atoms with Gasteiger partial charge in [0.15, 0.2) is 0 Å². The number of allylic oxidation sites excluding steroid dienone is 1. The van der Waals surface area contributed by atoms with Gasteiger partial charge in [0.05, 0.1) is 0 Å². The van der Waals surface area contributed by atoms with Crippen molar-refractivity contribution < 1.29 is 5.11 Å². The lowest BCUT2D eigenvalue weighted by Crippen LogP contribution is -2.60. The van der Waals surface area contributed by atoms with E-state index in [1.165, 1.54) is 70.6 Å². The second-order valence-electron chi connectivity index (χ2n) is 12.9. The van der Waals surface area contributed by atoms with E-state index < -0.39 is 0 Å². The maximum absolute atomic E-state index is 10.3. The Balaban J connectivity index is 0.000000687. The molecule has 5 aliphatic rings. The molecule has 0 amide bonds. The third-order valence-electron chi connectivity index (χ3n) is 12.0. The fourth-order valence-electron chi connectivity index (χ4n) is 10.4. The van der Waals surface area contributed by atoms with Gasteiger partial charge >= 0.3 is 0 Å². The van der Waals surface area contributed by atoms with Gasteiger partial charge in [0.25, 0.3) is 0 Å². The molecule has 0 aromatic carbocycles. The van der Waals surface area contributed by atoms with Crippen LogP contribution in [0.1, 0.15) is 105 Å². The SMILES string of the molecule is C=CC.CC1CCC2(C)C(CCC3(C)C4CCC5(CO)CCCC5C4CCC23)C1C. The van der Waals surface area contributed by atoms with Gasteiger partial charge in [-0.2, -0.15) is 0 Å². The van der Waals surface area contributed by atoms with Crippen molar-refractivity contribution in [3.8, 4) is 0 Å². The van der Waals surface area contributed by atoms with E-state index in [0.29, 0.717) is 22.9 Å². The largest absolute Gasteiger partial charge is 0.396 e. The van der Waals surface area contributed by atoms with E-state index in [1.807, 2.05) is 6.92 Å². The minimum atomic E-state index is 0.320. The lowest BCUT2D eigenvalue weighted by molar-refractivity contribution is -0.190. The molecule has 5 rings (SSSR count). The van der Waals surface area contributed by atoms with Gasteiger partial charge in [0.2, 0.25) is 0 Å². The van der Waals surface area contributed by atoms with Gasteiger partial charge in [0, 0.05) is 6.61 Å². The molecule has 1 nitrogen and oxygen atoms in total. The van der Waals surface area contributed by atoms with Gasteiger partial charge in [0.1, 0.15) is 0 Å². The Morgan fingerprint density at radius 1 is 0.833 bits per heavy atom. The van der Waals surface area contributed by atoms with Crippen LogP contribution >= 0.6 is 0 Å². The van der Waals surface area contributed by atoms with Crippen LogP contribution in [0.3, 0.4) is 0 Å². The highest BCUT2D eigenvalue weighted by Crippen LogP contribution is 2.71. The molecule has 10 atom stereocenters. The van der Waals surface area contributed by atoms with Gasteiger partial charge < -0.3 is 5.11 Å². The first-order chi connectivity index (χ1) is 14.3. The van der Waals surface area contributed by atoms with Crippen LogP contribution in [0.25, 0.3) is 0 Å². The van der Waals surface area contributed by atoms with Crippen molar-refractivity contribution in [1.29, 1.82) is 0 Å². The summed E-state index contributed by atoms with van der Waals surface area (Å²) in [5.74, 6) is 6.51. The molecule has 0 saturated heterocycles. The predicted molar refractivity (Wildman–Crippen MR) is 128 cm³/mol. The van der Waals surface area contributed by atoms with Crippen molar-refractivity contribution in [2.24, 2.45) is 57.7 Å². The van der Waals surface area contributed by atoms with E-state index in [2.05, 4.69) is 34.3 Å². The van der Waals surface area contributed by atoms with Gasteiger partial charge in [-0.1, -0.05) is 40.2 Å². The van der Waals surface area contributed by atoms with E-state index in [4.69, 9.17) is 0 Å². The highest BCUT2D eigenvalue weighted by molar-refractivity contribution is 5.13. The molecule has 1 heteroatoms. The van der Waals surface area contributed by atoms with Crippen LogP contribution in [0, 0.1) is 57.7 Å². The Morgan fingerprint density at radius 2 is 1.47 bits per heavy atom. The summed E-state index contributed by atoms with van der Waals surface area (Å²) in [6.45, 7) is 16.3. The van der Waals surface area contributed by atoms with Gasteiger partial charge in [-0.25, -0.2) is 0 Å².